The van der Waals surface area contributed by atoms with E-state index in [4.69, 9.17) is 21.4 Å². The van der Waals surface area contributed by atoms with Gasteiger partial charge in [0.25, 0.3) is 0 Å². The molecule has 0 radical (unpaired) electrons. The fraction of sp³-hybridized carbons (Fsp3) is 0.436. The van der Waals surface area contributed by atoms with Crippen LogP contribution >= 0.6 is 11.6 Å². The van der Waals surface area contributed by atoms with Gasteiger partial charge in [-0.25, -0.2) is 13.2 Å². The predicted octanol–water partition coefficient (Wildman–Crippen LogP) is 7.24. The summed E-state index contributed by atoms with van der Waals surface area (Å²) in [6, 6.07) is 19.9. The van der Waals surface area contributed by atoms with Crippen LogP contribution in [-0.2, 0) is 36.5 Å². The molecule has 0 amide bonds. The van der Waals surface area contributed by atoms with Crippen LogP contribution in [0.1, 0.15) is 66.5 Å². The minimum Gasteiger partial charge on any atom is -0.493 e. The maximum absolute atomic E-state index is 13.7. The fourth-order valence-electron chi connectivity index (χ4n) is 7.41. The fourth-order valence-corrected chi connectivity index (χ4v) is 9.15. The van der Waals surface area contributed by atoms with Crippen molar-refractivity contribution in [3.63, 3.8) is 0 Å². The van der Waals surface area contributed by atoms with E-state index < -0.39 is 16.0 Å². The van der Waals surface area contributed by atoms with Gasteiger partial charge in [0.15, 0.2) is 0 Å². The Balaban J connectivity index is 1.31. The third kappa shape index (κ3) is 8.27. The number of piperidine rings is 1. The number of rotatable bonds is 17. The van der Waals surface area contributed by atoms with Crippen LogP contribution in [0.5, 0.6) is 5.75 Å². The zero-order chi connectivity index (χ0) is 36.0. The van der Waals surface area contributed by atoms with E-state index in [-0.39, 0.29) is 23.9 Å². The number of hydrogen-bond donors (Lipinski definition) is 2. The van der Waals surface area contributed by atoms with Gasteiger partial charge in [0.2, 0.25) is 10.0 Å². The number of carbonyl (C=O) groups is 1. The number of likely N-dealkylation sites (tertiary alicyclic amines) is 1. The topological polar surface area (TPSA) is 121 Å². The van der Waals surface area contributed by atoms with E-state index in [1.807, 2.05) is 60.3 Å². The molecule has 3 aromatic carbocycles. The first-order chi connectivity index (χ1) is 24.7. The normalized spacial score (nSPS) is 14.2. The van der Waals surface area contributed by atoms with Gasteiger partial charge in [-0.3, -0.25) is 4.68 Å². The minimum absolute atomic E-state index is 0.0267. The molecule has 6 rings (SSSR count). The smallest absolute Gasteiger partial charge is 0.352 e. The second-order valence-electron chi connectivity index (χ2n) is 13.3. The van der Waals surface area contributed by atoms with Crippen molar-refractivity contribution in [1.82, 2.24) is 24.0 Å². The summed E-state index contributed by atoms with van der Waals surface area (Å²) in [6.07, 6.45) is 5.61. The maximum Gasteiger partial charge on any atom is 0.352 e. The lowest BCUT2D eigenvalue weighted by molar-refractivity contribution is 0.0690. The molecule has 2 aromatic heterocycles. The van der Waals surface area contributed by atoms with E-state index in [0.717, 1.165) is 70.2 Å². The summed E-state index contributed by atoms with van der Waals surface area (Å²) in [5.74, 6) is 0.0186. The zero-order valence-corrected chi connectivity index (χ0v) is 31.1. The molecule has 2 N–H and O–H groups in total. The van der Waals surface area contributed by atoms with Gasteiger partial charge in [0, 0.05) is 53.6 Å². The Morgan fingerprint density at radius 3 is 2.53 bits per heavy atom. The molecule has 0 atom stereocenters. The first kappa shape index (κ1) is 36.9. The molecule has 10 nitrogen and oxygen atoms in total. The number of nitrogens with zero attached hydrogens (tertiary/aromatic N) is 4. The number of aryl methyl sites for hydroxylation is 2. The number of halogens is 1. The standard InChI is InChI=1S/C39H48ClN5O5S/c1-3-34-36(33(42-43(34)2)27-45(51(48,49)26-12-20-40)24-23-44-21-7-4-8-22-44)32-17-10-16-30-31(38(39(46)47)41-37(30)32)18-11-25-50-35-19-9-14-28-13-5-6-15-29(28)35/h5-6,9-10,13-17,19,41H,3-4,7-8,11-12,18,20-27H2,1-2H3,(H,46,47). The number of carboxylic acid groups (broad SMARTS) is 1. The summed E-state index contributed by atoms with van der Waals surface area (Å²) in [7, 11) is -1.74. The van der Waals surface area contributed by atoms with Crippen LogP contribution in [0.2, 0.25) is 0 Å². The first-order valence-corrected chi connectivity index (χ1v) is 20.1. The van der Waals surface area contributed by atoms with Gasteiger partial charge < -0.3 is 19.7 Å². The van der Waals surface area contributed by atoms with Crippen molar-refractivity contribution in [2.45, 2.75) is 58.4 Å². The average molecular weight is 734 g/mol. The van der Waals surface area contributed by atoms with Gasteiger partial charge in [0.1, 0.15) is 11.4 Å². The van der Waals surface area contributed by atoms with Crippen LogP contribution in [0.25, 0.3) is 32.8 Å². The summed E-state index contributed by atoms with van der Waals surface area (Å²) in [6.45, 7) is 5.56. The second-order valence-corrected chi connectivity index (χ2v) is 15.7. The minimum atomic E-state index is -3.62. The Kier molecular flexibility index (Phi) is 12.0. The number of H-pyrrole nitrogens is 1. The lowest BCUT2D eigenvalue weighted by Gasteiger charge is -2.29. The number of alkyl halides is 1. The number of ether oxygens (including phenoxy) is 1. The molecule has 0 saturated carbocycles. The molecule has 1 saturated heterocycles. The van der Waals surface area contributed by atoms with Gasteiger partial charge in [-0.1, -0.05) is 67.9 Å². The van der Waals surface area contributed by atoms with Crippen LogP contribution in [0.4, 0.5) is 0 Å². The molecule has 0 unspecified atom stereocenters. The number of nitrogens with one attached hydrogen (secondary N) is 1. The van der Waals surface area contributed by atoms with E-state index in [0.29, 0.717) is 56.6 Å². The highest BCUT2D eigenvalue weighted by molar-refractivity contribution is 7.89. The van der Waals surface area contributed by atoms with Crippen molar-refractivity contribution >= 4 is 49.3 Å². The molecule has 51 heavy (non-hydrogen) atoms. The van der Waals surface area contributed by atoms with E-state index >= 15 is 0 Å². The van der Waals surface area contributed by atoms with Gasteiger partial charge in [-0.05, 0) is 68.6 Å². The van der Waals surface area contributed by atoms with E-state index in [9.17, 15) is 18.3 Å². The van der Waals surface area contributed by atoms with E-state index in [1.165, 1.54) is 6.42 Å². The number of hydrogen-bond acceptors (Lipinski definition) is 6. The van der Waals surface area contributed by atoms with Crippen molar-refractivity contribution in [3.8, 4) is 16.9 Å². The van der Waals surface area contributed by atoms with Crippen LogP contribution < -0.4 is 4.74 Å². The third-order valence-corrected chi connectivity index (χ3v) is 12.1. The number of carboxylic acids is 1. The first-order valence-electron chi connectivity index (χ1n) is 18.0. The molecule has 1 fully saturated rings. The van der Waals surface area contributed by atoms with Gasteiger partial charge in [-0.15, -0.1) is 11.6 Å². The maximum atomic E-state index is 13.7. The predicted molar refractivity (Wildman–Crippen MR) is 204 cm³/mol. The molecule has 0 bridgehead atoms. The Morgan fingerprint density at radius 1 is 1.02 bits per heavy atom. The Morgan fingerprint density at radius 2 is 1.76 bits per heavy atom. The summed E-state index contributed by atoms with van der Waals surface area (Å²) < 4.78 is 37.0. The Hall–Kier alpha value is -3.90. The van der Waals surface area contributed by atoms with Gasteiger partial charge in [0.05, 0.1) is 30.1 Å². The van der Waals surface area contributed by atoms with Crippen LogP contribution in [-0.4, -0.2) is 87.9 Å². The monoisotopic (exact) mass is 733 g/mol. The average Bonchev–Trinajstić information content (AvgIpc) is 3.67. The molecule has 1 aliphatic rings. The SMILES string of the molecule is CCc1c(-c2cccc3c(CCCOc4cccc5ccccc45)c(C(=O)O)[nH]c23)c(CN(CCN2CCCCC2)S(=O)(=O)CCCCl)nn1C. The lowest BCUT2D eigenvalue weighted by Crippen LogP contribution is -2.41. The molecule has 5 aromatic rings. The van der Waals surface area contributed by atoms with Crippen molar-refractivity contribution < 1.29 is 23.1 Å². The number of sulfonamides is 1. The third-order valence-electron chi connectivity index (χ3n) is 9.95. The highest BCUT2D eigenvalue weighted by Crippen LogP contribution is 2.37. The van der Waals surface area contributed by atoms with Gasteiger partial charge in [-0.2, -0.15) is 9.40 Å². The largest absolute Gasteiger partial charge is 0.493 e. The molecule has 3 heterocycles. The molecular formula is C39H48ClN5O5S. The molecule has 1 aliphatic heterocycles. The lowest BCUT2D eigenvalue weighted by atomic mass is 9.97. The van der Waals surface area contributed by atoms with Crippen LogP contribution in [0.15, 0.2) is 60.7 Å². The number of para-hydroxylation sites is 1. The second kappa shape index (κ2) is 16.6. The number of aromatic nitrogens is 3. The van der Waals surface area contributed by atoms with Crippen molar-refractivity contribution in [3.05, 3.63) is 83.3 Å². The van der Waals surface area contributed by atoms with E-state index in [1.54, 1.807) is 4.31 Å². The Bertz CT molecular complexity index is 2080. The number of aromatic amines is 1. The number of benzene rings is 3. The number of fused-ring (bicyclic) bond motifs is 2. The van der Waals surface area contributed by atoms with Crippen molar-refractivity contribution in [2.24, 2.45) is 7.05 Å². The summed E-state index contributed by atoms with van der Waals surface area (Å²) in [5, 5.41) is 18.2. The molecule has 12 heteroatoms. The van der Waals surface area contributed by atoms with Crippen LogP contribution in [0, 0.1) is 0 Å². The molecule has 0 spiro atoms. The quantitative estimate of drug-likeness (QED) is 0.0764. The highest BCUT2D eigenvalue weighted by Gasteiger charge is 2.29. The number of aromatic carboxylic acids is 1. The highest BCUT2D eigenvalue weighted by atomic mass is 35.5. The molecular weight excluding hydrogens is 686 g/mol. The van der Waals surface area contributed by atoms with Gasteiger partial charge >= 0.3 is 5.97 Å². The van der Waals surface area contributed by atoms with E-state index in [2.05, 4.69) is 28.9 Å². The van der Waals surface area contributed by atoms with Crippen LogP contribution in [0.3, 0.4) is 0 Å². The van der Waals surface area contributed by atoms with Crippen molar-refractivity contribution in [1.29, 1.82) is 0 Å². The summed E-state index contributed by atoms with van der Waals surface area (Å²) in [4.78, 5) is 18.2. The summed E-state index contributed by atoms with van der Waals surface area (Å²) >= 11 is 5.94. The summed E-state index contributed by atoms with van der Waals surface area (Å²) in [5.41, 5.74) is 4.81. The zero-order valence-electron chi connectivity index (χ0n) is 29.5. The Labute approximate surface area is 305 Å². The molecule has 0 aliphatic carbocycles. The van der Waals surface area contributed by atoms with Crippen molar-refractivity contribution in [2.75, 3.05) is 44.4 Å². The molecule has 272 valence electrons.